The van der Waals surface area contributed by atoms with Gasteiger partial charge in [0.2, 0.25) is 0 Å². The van der Waals surface area contributed by atoms with Crippen molar-refractivity contribution in [1.82, 2.24) is 19.8 Å². The minimum absolute atomic E-state index is 0.518. The largest absolute Gasteiger partial charge is 0.333 e. The summed E-state index contributed by atoms with van der Waals surface area (Å²) in [6, 6.07) is 1.13. The molecule has 19 heavy (non-hydrogen) atoms. The van der Waals surface area contributed by atoms with E-state index in [1.54, 1.807) is 0 Å². The molecule has 0 bridgehead atoms. The average molecular weight is 262 g/mol. The van der Waals surface area contributed by atoms with Crippen LogP contribution in [-0.4, -0.2) is 33.6 Å². The van der Waals surface area contributed by atoms with Crippen molar-refractivity contribution in [2.45, 2.75) is 58.2 Å². The molecule has 1 aromatic heterocycles. The highest BCUT2D eigenvalue weighted by molar-refractivity contribution is 5.21. The highest BCUT2D eigenvalue weighted by Gasteiger charge is 2.30. The van der Waals surface area contributed by atoms with E-state index in [4.69, 9.17) is 4.98 Å². The van der Waals surface area contributed by atoms with Crippen LogP contribution in [0.1, 0.15) is 56.4 Å². The molecular weight excluding hydrogens is 236 g/mol. The zero-order valence-corrected chi connectivity index (χ0v) is 12.4. The molecule has 0 amide bonds. The summed E-state index contributed by atoms with van der Waals surface area (Å²) < 4.78 is 2.38. The van der Waals surface area contributed by atoms with E-state index < -0.39 is 0 Å². The quantitative estimate of drug-likeness (QED) is 0.885. The second-order valence-electron chi connectivity index (χ2n) is 6.19. The zero-order chi connectivity index (χ0) is 13.4. The maximum atomic E-state index is 4.97. The fraction of sp³-hybridized carbons (Fsp3) is 0.800. The standard InChI is InChI=1S/C15H26N4/c1-11(2)19-9-5-4-6-14(19)15-17-12-10-16-8-7-13(12)18(15)3/h11,14,16H,4-10H2,1-3H3. The lowest BCUT2D eigenvalue weighted by atomic mass is 9.99. The number of hydrogen-bond donors (Lipinski definition) is 1. The molecule has 0 spiro atoms. The summed E-state index contributed by atoms with van der Waals surface area (Å²) in [5.74, 6) is 1.29. The maximum absolute atomic E-state index is 4.97. The fourth-order valence-electron chi connectivity index (χ4n) is 3.62. The van der Waals surface area contributed by atoms with Gasteiger partial charge in [0.25, 0.3) is 0 Å². The highest BCUT2D eigenvalue weighted by atomic mass is 15.2. The number of hydrogen-bond acceptors (Lipinski definition) is 3. The molecule has 1 atom stereocenters. The molecule has 1 aromatic rings. The number of nitrogens with zero attached hydrogens (tertiary/aromatic N) is 3. The molecule has 1 unspecified atom stereocenters. The Bertz CT molecular complexity index is 449. The first-order chi connectivity index (χ1) is 9.18. The molecular formula is C15H26N4. The van der Waals surface area contributed by atoms with Gasteiger partial charge in [-0.3, -0.25) is 4.90 Å². The first-order valence-electron chi connectivity index (χ1n) is 7.69. The summed E-state index contributed by atoms with van der Waals surface area (Å²) in [7, 11) is 2.21. The lowest BCUT2D eigenvalue weighted by Crippen LogP contribution is -2.39. The number of piperidine rings is 1. The summed E-state index contributed by atoms with van der Waals surface area (Å²) >= 11 is 0. The number of imidazole rings is 1. The number of likely N-dealkylation sites (tertiary alicyclic amines) is 1. The molecule has 2 aliphatic heterocycles. The molecule has 2 aliphatic rings. The lowest BCUT2D eigenvalue weighted by Gasteiger charge is -2.38. The fourth-order valence-corrected chi connectivity index (χ4v) is 3.62. The molecule has 0 aliphatic carbocycles. The number of nitrogens with one attached hydrogen (secondary N) is 1. The van der Waals surface area contributed by atoms with E-state index in [0.29, 0.717) is 12.1 Å². The van der Waals surface area contributed by atoms with Gasteiger partial charge in [0.05, 0.1) is 11.7 Å². The molecule has 3 heterocycles. The molecule has 1 saturated heterocycles. The summed E-state index contributed by atoms with van der Waals surface area (Å²) in [5, 5.41) is 3.43. The molecule has 4 nitrogen and oxygen atoms in total. The second-order valence-corrected chi connectivity index (χ2v) is 6.19. The monoisotopic (exact) mass is 262 g/mol. The minimum Gasteiger partial charge on any atom is -0.333 e. The number of aromatic nitrogens is 2. The normalized spacial score (nSPS) is 24.7. The van der Waals surface area contributed by atoms with Gasteiger partial charge in [-0.25, -0.2) is 4.98 Å². The van der Waals surface area contributed by atoms with Crippen LogP contribution in [0.5, 0.6) is 0 Å². The van der Waals surface area contributed by atoms with Crippen LogP contribution in [0.25, 0.3) is 0 Å². The maximum Gasteiger partial charge on any atom is 0.126 e. The van der Waals surface area contributed by atoms with Gasteiger partial charge in [-0.1, -0.05) is 6.42 Å². The Balaban J connectivity index is 1.94. The van der Waals surface area contributed by atoms with Crippen molar-refractivity contribution in [1.29, 1.82) is 0 Å². The van der Waals surface area contributed by atoms with E-state index in [-0.39, 0.29) is 0 Å². The van der Waals surface area contributed by atoms with E-state index in [9.17, 15) is 0 Å². The van der Waals surface area contributed by atoms with E-state index in [0.717, 1.165) is 19.5 Å². The molecule has 0 aromatic carbocycles. The van der Waals surface area contributed by atoms with Crippen molar-refractivity contribution >= 4 is 0 Å². The third-order valence-corrected chi connectivity index (χ3v) is 4.67. The Morgan fingerprint density at radius 3 is 2.89 bits per heavy atom. The Morgan fingerprint density at radius 2 is 2.16 bits per heavy atom. The van der Waals surface area contributed by atoms with Gasteiger partial charge in [-0.05, 0) is 33.2 Å². The van der Waals surface area contributed by atoms with Crippen molar-refractivity contribution in [3.63, 3.8) is 0 Å². The number of fused-ring (bicyclic) bond motifs is 1. The Kier molecular flexibility index (Phi) is 3.63. The van der Waals surface area contributed by atoms with Crippen LogP contribution in [0, 0.1) is 0 Å². The van der Waals surface area contributed by atoms with Gasteiger partial charge < -0.3 is 9.88 Å². The molecule has 1 fully saturated rings. The van der Waals surface area contributed by atoms with Crippen molar-refractivity contribution in [3.8, 4) is 0 Å². The Morgan fingerprint density at radius 1 is 1.32 bits per heavy atom. The van der Waals surface area contributed by atoms with Crippen LogP contribution >= 0.6 is 0 Å². The Labute approximate surface area is 116 Å². The smallest absolute Gasteiger partial charge is 0.126 e. The van der Waals surface area contributed by atoms with E-state index in [1.165, 1.54) is 43.0 Å². The highest BCUT2D eigenvalue weighted by Crippen LogP contribution is 2.33. The van der Waals surface area contributed by atoms with Crippen molar-refractivity contribution in [2.75, 3.05) is 13.1 Å². The lowest BCUT2D eigenvalue weighted by molar-refractivity contribution is 0.104. The van der Waals surface area contributed by atoms with Crippen LogP contribution in [0.15, 0.2) is 0 Å². The molecule has 3 rings (SSSR count). The second kappa shape index (κ2) is 5.25. The summed E-state index contributed by atoms with van der Waals surface area (Å²) in [6.45, 7) is 7.87. The summed E-state index contributed by atoms with van der Waals surface area (Å²) in [5.41, 5.74) is 2.72. The van der Waals surface area contributed by atoms with Gasteiger partial charge in [0.1, 0.15) is 5.82 Å². The third kappa shape index (κ3) is 2.32. The van der Waals surface area contributed by atoms with Crippen LogP contribution in [0.4, 0.5) is 0 Å². The van der Waals surface area contributed by atoms with Crippen molar-refractivity contribution in [2.24, 2.45) is 7.05 Å². The van der Waals surface area contributed by atoms with Gasteiger partial charge in [0, 0.05) is 38.3 Å². The summed E-state index contributed by atoms with van der Waals surface area (Å²) in [6.07, 6.45) is 5.05. The predicted octanol–water partition coefficient (Wildman–Crippen LogP) is 2.00. The molecule has 0 saturated carbocycles. The van der Waals surface area contributed by atoms with E-state index in [2.05, 4.69) is 35.7 Å². The SMILES string of the molecule is CC(C)N1CCCCC1c1nc2c(n1C)CCNC2. The molecule has 1 N–H and O–H groups in total. The van der Waals surface area contributed by atoms with Crippen LogP contribution < -0.4 is 5.32 Å². The van der Waals surface area contributed by atoms with Gasteiger partial charge >= 0.3 is 0 Å². The van der Waals surface area contributed by atoms with Gasteiger partial charge in [-0.2, -0.15) is 0 Å². The topological polar surface area (TPSA) is 33.1 Å². The van der Waals surface area contributed by atoms with Crippen molar-refractivity contribution < 1.29 is 0 Å². The predicted molar refractivity (Wildman–Crippen MR) is 77.1 cm³/mol. The summed E-state index contributed by atoms with van der Waals surface area (Å²) in [4.78, 5) is 7.60. The average Bonchev–Trinajstić information content (AvgIpc) is 2.76. The Hall–Kier alpha value is -0.870. The van der Waals surface area contributed by atoms with Gasteiger partial charge in [0.15, 0.2) is 0 Å². The van der Waals surface area contributed by atoms with Crippen molar-refractivity contribution in [3.05, 3.63) is 17.2 Å². The molecule has 106 valence electrons. The van der Waals surface area contributed by atoms with Crippen LogP contribution in [0.2, 0.25) is 0 Å². The molecule has 4 heteroatoms. The molecule has 0 radical (unpaired) electrons. The van der Waals surface area contributed by atoms with Gasteiger partial charge in [-0.15, -0.1) is 0 Å². The van der Waals surface area contributed by atoms with Crippen LogP contribution in [-0.2, 0) is 20.0 Å². The number of rotatable bonds is 2. The first-order valence-corrected chi connectivity index (χ1v) is 7.69. The first kappa shape index (κ1) is 13.1. The third-order valence-electron chi connectivity index (χ3n) is 4.67. The van der Waals surface area contributed by atoms with E-state index >= 15 is 0 Å². The zero-order valence-electron chi connectivity index (χ0n) is 12.4. The van der Waals surface area contributed by atoms with E-state index in [1.807, 2.05) is 0 Å². The van der Waals surface area contributed by atoms with Crippen LogP contribution in [0.3, 0.4) is 0 Å². The minimum atomic E-state index is 0.518.